The monoisotopic (exact) mass is 246 g/mol. The van der Waals surface area contributed by atoms with Gasteiger partial charge in [-0.2, -0.15) is 0 Å². The Kier molecular flexibility index (Phi) is 2.78. The number of carbonyl (C=O) groups excluding carboxylic acids is 1. The molecule has 0 aliphatic carbocycles. The van der Waals surface area contributed by atoms with Gasteiger partial charge in [0.15, 0.2) is 0 Å². The van der Waals surface area contributed by atoms with Gasteiger partial charge in [0.25, 0.3) is 0 Å². The minimum Gasteiger partial charge on any atom is -0.307 e. The first-order valence-electron chi connectivity index (χ1n) is 6.54. The first-order valence-corrected chi connectivity index (χ1v) is 6.54. The lowest BCUT2D eigenvalue weighted by Crippen LogP contribution is -2.33. The summed E-state index contributed by atoms with van der Waals surface area (Å²) in [5.41, 5.74) is 2.14. The van der Waals surface area contributed by atoms with E-state index in [1.165, 1.54) is 6.42 Å². The molecule has 1 unspecified atom stereocenters. The molecule has 5 heteroatoms. The number of nitrogens with zero attached hydrogens (tertiary/aromatic N) is 3. The Morgan fingerprint density at radius 3 is 2.89 bits per heavy atom. The molecule has 1 N–H and O–H groups in total. The Morgan fingerprint density at radius 1 is 1.33 bits per heavy atom. The smallest absolute Gasteiger partial charge is 0.228 e. The zero-order chi connectivity index (χ0) is 12.7. The lowest BCUT2D eigenvalue weighted by Gasteiger charge is -2.26. The predicted molar refractivity (Wildman–Crippen MR) is 68.5 cm³/mol. The molecule has 0 radical (unpaired) electrons. The molecule has 1 fully saturated rings. The molecule has 5 nitrogen and oxygen atoms in total. The number of anilines is 1. The first kappa shape index (κ1) is 11.6. The maximum absolute atomic E-state index is 11.8. The summed E-state index contributed by atoms with van der Waals surface area (Å²) in [6.07, 6.45) is 3.58. The standard InChI is InChI=1S/C13H18N4O/c1-8-9-5-6-11(18)17(2)13(9)16-12(15-8)10-4-3-7-14-10/h10,14H,3-7H2,1-2H3. The van der Waals surface area contributed by atoms with Crippen molar-refractivity contribution in [1.29, 1.82) is 0 Å². The van der Waals surface area contributed by atoms with Gasteiger partial charge in [0.1, 0.15) is 11.6 Å². The van der Waals surface area contributed by atoms with Crippen LogP contribution in [0.5, 0.6) is 0 Å². The van der Waals surface area contributed by atoms with E-state index >= 15 is 0 Å². The highest BCUT2D eigenvalue weighted by molar-refractivity contribution is 5.94. The third-order valence-electron chi connectivity index (χ3n) is 3.86. The third-order valence-corrected chi connectivity index (χ3v) is 3.86. The molecular weight excluding hydrogens is 228 g/mol. The molecule has 1 atom stereocenters. The number of hydrogen-bond acceptors (Lipinski definition) is 4. The van der Waals surface area contributed by atoms with Gasteiger partial charge >= 0.3 is 0 Å². The van der Waals surface area contributed by atoms with Crippen molar-refractivity contribution < 1.29 is 4.79 Å². The maximum atomic E-state index is 11.8. The van der Waals surface area contributed by atoms with Gasteiger partial charge in [-0.1, -0.05) is 0 Å². The van der Waals surface area contributed by atoms with E-state index in [2.05, 4.69) is 15.3 Å². The number of rotatable bonds is 1. The van der Waals surface area contributed by atoms with Gasteiger partial charge in [-0.05, 0) is 32.7 Å². The molecule has 18 heavy (non-hydrogen) atoms. The average molecular weight is 246 g/mol. The Bertz CT molecular complexity index is 494. The summed E-state index contributed by atoms with van der Waals surface area (Å²) in [7, 11) is 1.80. The van der Waals surface area contributed by atoms with E-state index < -0.39 is 0 Å². The van der Waals surface area contributed by atoms with Crippen molar-refractivity contribution in [1.82, 2.24) is 15.3 Å². The van der Waals surface area contributed by atoms with Crippen LogP contribution in [0.2, 0.25) is 0 Å². The van der Waals surface area contributed by atoms with Crippen molar-refractivity contribution in [2.75, 3.05) is 18.5 Å². The van der Waals surface area contributed by atoms with Crippen LogP contribution >= 0.6 is 0 Å². The van der Waals surface area contributed by atoms with E-state index in [0.29, 0.717) is 6.42 Å². The van der Waals surface area contributed by atoms with Crippen molar-refractivity contribution in [3.8, 4) is 0 Å². The fraction of sp³-hybridized carbons (Fsp3) is 0.615. The lowest BCUT2D eigenvalue weighted by molar-refractivity contribution is -0.118. The second kappa shape index (κ2) is 4.31. The third kappa shape index (κ3) is 1.79. The maximum Gasteiger partial charge on any atom is 0.228 e. The minimum absolute atomic E-state index is 0.144. The molecule has 96 valence electrons. The molecule has 1 saturated heterocycles. The predicted octanol–water partition coefficient (Wildman–Crippen LogP) is 1.12. The summed E-state index contributed by atoms with van der Waals surface area (Å²) in [6.45, 7) is 3.04. The highest BCUT2D eigenvalue weighted by atomic mass is 16.2. The van der Waals surface area contributed by atoms with Gasteiger partial charge in [-0.25, -0.2) is 9.97 Å². The number of aromatic nitrogens is 2. The van der Waals surface area contributed by atoms with E-state index in [-0.39, 0.29) is 11.9 Å². The van der Waals surface area contributed by atoms with Crippen LogP contribution in [-0.4, -0.2) is 29.5 Å². The molecule has 2 aliphatic heterocycles. The van der Waals surface area contributed by atoms with E-state index in [9.17, 15) is 4.79 Å². The summed E-state index contributed by atoms with van der Waals surface area (Å²) >= 11 is 0. The van der Waals surface area contributed by atoms with E-state index in [0.717, 1.165) is 42.3 Å². The van der Waals surface area contributed by atoms with Crippen LogP contribution in [0.25, 0.3) is 0 Å². The molecule has 1 aromatic rings. The van der Waals surface area contributed by atoms with Gasteiger partial charge < -0.3 is 5.32 Å². The van der Waals surface area contributed by atoms with Crippen molar-refractivity contribution in [2.24, 2.45) is 0 Å². The number of carbonyl (C=O) groups is 1. The normalized spacial score (nSPS) is 23.3. The van der Waals surface area contributed by atoms with Crippen LogP contribution < -0.4 is 10.2 Å². The molecule has 0 spiro atoms. The van der Waals surface area contributed by atoms with Gasteiger partial charge in [0.05, 0.1) is 6.04 Å². The zero-order valence-corrected chi connectivity index (χ0v) is 10.9. The van der Waals surface area contributed by atoms with Crippen LogP contribution in [0, 0.1) is 6.92 Å². The second-order valence-electron chi connectivity index (χ2n) is 5.07. The van der Waals surface area contributed by atoms with Crippen LogP contribution in [0.4, 0.5) is 5.82 Å². The Hall–Kier alpha value is -1.49. The number of nitrogens with one attached hydrogen (secondary N) is 1. The SMILES string of the molecule is Cc1nc(C2CCCN2)nc2c1CCC(=O)N2C. The van der Waals surface area contributed by atoms with Gasteiger partial charge in [-0.3, -0.25) is 9.69 Å². The summed E-state index contributed by atoms with van der Waals surface area (Å²) in [5, 5.41) is 3.40. The van der Waals surface area contributed by atoms with Crippen molar-refractivity contribution in [2.45, 2.75) is 38.6 Å². The Balaban J connectivity index is 2.04. The molecule has 2 aliphatic rings. The quantitative estimate of drug-likeness (QED) is 0.806. The van der Waals surface area contributed by atoms with Crippen LogP contribution in [0.3, 0.4) is 0 Å². The Labute approximate surface area is 107 Å². The molecule has 0 saturated carbocycles. The van der Waals surface area contributed by atoms with E-state index in [4.69, 9.17) is 0 Å². The zero-order valence-electron chi connectivity index (χ0n) is 10.9. The second-order valence-corrected chi connectivity index (χ2v) is 5.07. The summed E-state index contributed by atoms with van der Waals surface area (Å²) in [4.78, 5) is 22.7. The van der Waals surface area contributed by atoms with Crippen molar-refractivity contribution in [3.05, 3.63) is 17.1 Å². The lowest BCUT2D eigenvalue weighted by atomic mass is 10.0. The number of amides is 1. The number of hydrogen-bond donors (Lipinski definition) is 1. The molecule has 0 aromatic carbocycles. The highest BCUT2D eigenvalue weighted by Gasteiger charge is 2.27. The summed E-state index contributed by atoms with van der Waals surface area (Å²) in [6, 6.07) is 0.249. The van der Waals surface area contributed by atoms with Gasteiger partial charge in [0.2, 0.25) is 5.91 Å². The van der Waals surface area contributed by atoms with Gasteiger partial charge in [-0.15, -0.1) is 0 Å². The molecule has 3 rings (SSSR count). The van der Waals surface area contributed by atoms with Crippen LogP contribution in [0.15, 0.2) is 0 Å². The fourth-order valence-corrected chi connectivity index (χ4v) is 2.75. The van der Waals surface area contributed by atoms with Crippen molar-refractivity contribution in [3.63, 3.8) is 0 Å². The molecular formula is C13H18N4O. The fourth-order valence-electron chi connectivity index (χ4n) is 2.75. The Morgan fingerprint density at radius 2 is 2.17 bits per heavy atom. The largest absolute Gasteiger partial charge is 0.307 e. The van der Waals surface area contributed by atoms with Gasteiger partial charge in [0, 0.05) is 24.7 Å². The van der Waals surface area contributed by atoms with Crippen molar-refractivity contribution >= 4 is 11.7 Å². The average Bonchev–Trinajstić information content (AvgIpc) is 2.88. The van der Waals surface area contributed by atoms with E-state index in [1.807, 2.05) is 6.92 Å². The number of fused-ring (bicyclic) bond motifs is 1. The topological polar surface area (TPSA) is 58.1 Å². The molecule has 1 amide bonds. The van der Waals surface area contributed by atoms with E-state index in [1.54, 1.807) is 11.9 Å². The van der Waals surface area contributed by atoms with Crippen LogP contribution in [-0.2, 0) is 11.2 Å². The summed E-state index contributed by atoms with van der Waals surface area (Å²) in [5.74, 6) is 1.79. The minimum atomic E-state index is 0.144. The molecule has 1 aromatic heterocycles. The molecule has 3 heterocycles. The first-order chi connectivity index (χ1) is 8.66. The van der Waals surface area contributed by atoms with Crippen LogP contribution in [0.1, 0.15) is 42.4 Å². The highest BCUT2D eigenvalue weighted by Crippen LogP contribution is 2.29. The number of aryl methyl sites for hydroxylation is 1. The molecule has 0 bridgehead atoms. The summed E-state index contributed by atoms with van der Waals surface area (Å²) < 4.78 is 0.